The quantitative estimate of drug-likeness (QED) is 0.0167. The maximum absolute atomic E-state index is 15.0. The molecule has 0 radical (unpaired) electrons. The van der Waals surface area contributed by atoms with E-state index in [4.69, 9.17) is 39.5 Å². The van der Waals surface area contributed by atoms with Gasteiger partial charge in [-0.1, -0.05) is 102 Å². The Hall–Kier alpha value is -12.9. The minimum Gasteiger partial charge on any atom is -0.481 e. The van der Waals surface area contributed by atoms with Crippen molar-refractivity contribution in [2.75, 3.05) is 57.9 Å². The zero-order chi connectivity index (χ0) is 103. The van der Waals surface area contributed by atoms with Crippen molar-refractivity contribution in [3.63, 3.8) is 0 Å². The average Bonchev–Trinajstić information content (AvgIpc) is 1.71. The number of carboxylic acid groups (broad SMARTS) is 1. The number of nitrogens with two attached hydrogens (primary N) is 5. The monoisotopic (exact) mass is 1970 g/mol. The van der Waals surface area contributed by atoms with E-state index in [2.05, 4.69) is 79.8 Å². The largest absolute Gasteiger partial charge is 0.481 e. The molecule has 47 nitrogen and oxygen atoms in total. The molecule has 0 saturated carbocycles. The number of benzene rings is 2. The van der Waals surface area contributed by atoms with Gasteiger partial charge in [0.05, 0.1) is 19.1 Å². The Kier molecular flexibility index (Phi) is 49.9. The molecule has 3 saturated heterocycles. The molecule has 2 aromatic rings. The van der Waals surface area contributed by atoms with Crippen LogP contribution in [0, 0.1) is 28.6 Å². The second-order valence-electron chi connectivity index (χ2n) is 36.2. The summed E-state index contributed by atoms with van der Waals surface area (Å²) in [6, 6.07) is -6.51. The van der Waals surface area contributed by atoms with Crippen LogP contribution in [0.1, 0.15) is 189 Å². The number of carbonyl (C=O) groups excluding carboxylic acids is 18. The van der Waals surface area contributed by atoms with Gasteiger partial charge in [-0.2, -0.15) is 11.8 Å². The van der Waals surface area contributed by atoms with Crippen LogP contribution in [0.25, 0.3) is 0 Å². The van der Waals surface area contributed by atoms with Gasteiger partial charge in [0.1, 0.15) is 96.7 Å². The first kappa shape index (κ1) is 117. The van der Waals surface area contributed by atoms with E-state index in [9.17, 15) is 96.8 Å². The maximum Gasteiger partial charge on any atom is 0.305 e. The summed E-state index contributed by atoms with van der Waals surface area (Å²) in [5.74, 6) is -19.5. The number of rotatable bonds is 60. The number of likely N-dealkylation sites (tertiary alicyclic amines) is 3. The van der Waals surface area contributed by atoms with Crippen molar-refractivity contribution in [3.8, 4) is 0 Å². The fraction of sp³-hybridized carbons (Fsp3) is 0.637. The molecule has 0 aliphatic carbocycles. The van der Waals surface area contributed by atoms with Gasteiger partial charge in [-0.15, -0.1) is 0 Å². The van der Waals surface area contributed by atoms with E-state index >= 15 is 9.59 Å². The van der Waals surface area contributed by atoms with Gasteiger partial charge in [0.15, 0.2) is 11.9 Å². The van der Waals surface area contributed by atoms with Crippen LogP contribution >= 0.6 is 11.8 Å². The lowest BCUT2D eigenvalue weighted by molar-refractivity contribution is -0.144. The molecule has 0 aromatic heterocycles. The van der Waals surface area contributed by atoms with Crippen molar-refractivity contribution in [1.29, 1.82) is 10.8 Å². The van der Waals surface area contributed by atoms with Gasteiger partial charge in [-0.3, -0.25) is 102 Å². The van der Waals surface area contributed by atoms with E-state index in [0.29, 0.717) is 24.0 Å². The molecule has 30 N–H and O–H groups in total. The Bertz CT molecular complexity index is 4540. The zero-order valence-corrected chi connectivity index (χ0v) is 81.4. The number of hydrogen-bond acceptors (Lipinski definition) is 25. The number of aliphatic hydroxyl groups excluding tert-OH is 2. The summed E-state index contributed by atoms with van der Waals surface area (Å²) < 4.78 is 0. The molecule has 17 atom stereocenters. The molecule has 139 heavy (non-hydrogen) atoms. The van der Waals surface area contributed by atoms with E-state index in [1.54, 1.807) is 108 Å². The summed E-state index contributed by atoms with van der Waals surface area (Å²) >= 11 is 1.31. The highest BCUT2D eigenvalue weighted by atomic mass is 32.2. The number of primary amides is 2. The van der Waals surface area contributed by atoms with Crippen molar-refractivity contribution in [2.24, 2.45) is 46.4 Å². The molecule has 3 heterocycles. The summed E-state index contributed by atoms with van der Waals surface area (Å²) in [4.78, 5) is 271. The number of unbranched alkanes of at least 4 members (excludes halogenated alkanes) is 1. The molecule has 3 aliphatic heterocycles. The van der Waals surface area contributed by atoms with Crippen molar-refractivity contribution in [1.82, 2.24) is 94.5 Å². The van der Waals surface area contributed by atoms with Gasteiger partial charge in [0, 0.05) is 58.9 Å². The minimum atomic E-state index is -1.96. The standard InChI is InChI=1S/C91H145N25O22S/c1-49(2)43-62(107-76(125)58(29-19-38-100-91(97)98)102-78(127)60(35-42-139-9)105-85(134)69-32-22-41-116(69)89(138)72(51(5)6)112-87(136)73(52(7)118)113-79(128)59(33-34-70(93)120)104-84(133)67-30-20-39-114(67)53(8)119)80(129)103-57(28-18-37-99-90(95)96)75(124)101-56(27-16-17-36-92)77(126)110-65(44-50(3)4)88(137)115-40-21-31-68(115)86(135)109-64(47-71(121)122)82(131)111-66(48-117)83(132)108-63(46-55-25-14-11-15-26-55)81(130)106-61(74(94)123)45-54-23-12-10-13-24-54/h10-15,23-26,49-52,56-69,72-73,117-118H,16-22,27-48,92H2,1-9H3,(H2,93,120)(H2,94,123)(H,101,124)(H,102,127)(H,103,129)(H,104,133)(H,105,134)(H,106,130)(H,107,125)(H,108,132)(H,109,135)(H,110,126)(H,111,131)(H,112,136)(H,113,128)(H,121,122)(H4,95,96,99)(H4,97,98,100)/t52-,56+,57+,58+,59+,60+,61+,62+,63+,64+,65+,66+,67+,68+,69+,72+,73+/m1/s1. The Balaban J connectivity index is 1.35. The first-order valence-corrected chi connectivity index (χ1v) is 48.5. The third kappa shape index (κ3) is 39.5. The van der Waals surface area contributed by atoms with Crippen LogP contribution in [0.2, 0.25) is 0 Å². The number of carbonyl (C=O) groups is 19. The Morgan fingerprint density at radius 3 is 1.22 bits per heavy atom. The van der Waals surface area contributed by atoms with Crippen molar-refractivity contribution < 1.29 is 106 Å². The van der Waals surface area contributed by atoms with Crippen LogP contribution in [0.15, 0.2) is 60.7 Å². The highest BCUT2D eigenvalue weighted by Gasteiger charge is 2.46. The summed E-state index contributed by atoms with van der Waals surface area (Å²) in [7, 11) is 0. The van der Waals surface area contributed by atoms with Crippen LogP contribution in [-0.4, -0.2) is 315 Å². The Labute approximate surface area is 812 Å². The second-order valence-corrected chi connectivity index (χ2v) is 37.2. The molecule has 2 aromatic carbocycles. The van der Waals surface area contributed by atoms with Crippen LogP contribution in [0.4, 0.5) is 0 Å². The fourth-order valence-electron chi connectivity index (χ4n) is 16.3. The number of aliphatic hydroxyl groups is 2. The number of guanidine groups is 2. The number of aliphatic carboxylic acids is 1. The Morgan fingerprint density at radius 2 is 0.791 bits per heavy atom. The summed E-state index contributed by atoms with van der Waals surface area (Å²) in [6.45, 7) is 11.9. The van der Waals surface area contributed by atoms with Crippen LogP contribution in [-0.2, 0) is 104 Å². The van der Waals surface area contributed by atoms with E-state index in [0.717, 1.165) is 4.90 Å². The number of amides is 18. The third-order valence-electron chi connectivity index (χ3n) is 23.6. The van der Waals surface area contributed by atoms with Crippen LogP contribution in [0.5, 0.6) is 0 Å². The Morgan fingerprint density at radius 1 is 0.424 bits per heavy atom. The minimum absolute atomic E-state index is 0.00249. The van der Waals surface area contributed by atoms with Crippen LogP contribution in [0.3, 0.4) is 0 Å². The van der Waals surface area contributed by atoms with Gasteiger partial charge >= 0.3 is 5.97 Å². The predicted octanol–water partition coefficient (Wildman–Crippen LogP) is -5.48. The highest BCUT2D eigenvalue weighted by Crippen LogP contribution is 2.26. The predicted molar refractivity (Wildman–Crippen MR) is 512 cm³/mol. The van der Waals surface area contributed by atoms with E-state index in [-0.39, 0.29) is 178 Å². The maximum atomic E-state index is 15.0. The summed E-state index contributed by atoms with van der Waals surface area (Å²) in [5, 5.41) is 86.2. The lowest BCUT2D eigenvalue weighted by atomic mass is 10.00. The van der Waals surface area contributed by atoms with Gasteiger partial charge in [-0.05, 0) is 164 Å². The van der Waals surface area contributed by atoms with E-state index in [1.807, 2.05) is 0 Å². The lowest BCUT2D eigenvalue weighted by Gasteiger charge is -2.33. The van der Waals surface area contributed by atoms with Gasteiger partial charge < -0.3 is 138 Å². The SMILES string of the molecule is CSCC[C@H](NC(=O)[C@@H]1CCCN1C(=O)[C@@H](NC(=O)[C@@H](NC(=O)[C@H](CCC(N)=O)NC(=O)[C@@H]1CCCN1C(C)=O)[C@@H](C)O)C(C)C)C(=O)N[C@@H](CCCNC(=N)N)C(=O)N[C@@H](CC(C)C)C(=O)N[C@@H](CCCNC(=N)N)C(=O)N[C@@H](CCCCN)C(=O)N[C@@H](CC(C)C)C(=O)N1CCC[C@H]1C(=O)N[C@@H](CC(=O)O)C(=O)N[C@@H](CO)C(=O)N[C@@H](Cc1ccccc1)C(=O)N[C@@H](Cc1ccccc1)C(N)=O. The summed E-state index contributed by atoms with van der Waals surface area (Å²) in [6.07, 6.45) is -0.507. The topological polar surface area (TPSA) is 753 Å². The molecule has 0 bridgehead atoms. The number of nitrogens with one attached hydrogen (secondary N) is 17. The van der Waals surface area contributed by atoms with Crippen LogP contribution < -0.4 is 108 Å². The normalized spacial score (nSPS) is 17.5. The summed E-state index contributed by atoms with van der Waals surface area (Å²) in [5.41, 5.74) is 29.4. The molecule has 0 unspecified atom stereocenters. The van der Waals surface area contributed by atoms with E-state index in [1.165, 1.54) is 35.4 Å². The molecule has 18 amide bonds. The number of nitrogens with zero attached hydrogens (tertiary/aromatic N) is 3. The molecule has 48 heteroatoms. The van der Waals surface area contributed by atoms with Gasteiger partial charge in [0.2, 0.25) is 106 Å². The molecule has 772 valence electrons. The van der Waals surface area contributed by atoms with E-state index < -0.39 is 240 Å². The van der Waals surface area contributed by atoms with Crippen molar-refractivity contribution in [3.05, 3.63) is 71.8 Å². The molecular weight excluding hydrogens is 1830 g/mol. The highest BCUT2D eigenvalue weighted by molar-refractivity contribution is 7.98. The lowest BCUT2D eigenvalue weighted by Crippen LogP contribution is -2.62. The molecular formula is C91H145N25O22S. The number of thioether (sulfide) groups is 1. The third-order valence-corrected chi connectivity index (χ3v) is 24.3. The van der Waals surface area contributed by atoms with Gasteiger partial charge in [-0.25, -0.2) is 0 Å². The zero-order valence-electron chi connectivity index (χ0n) is 80.6. The van der Waals surface area contributed by atoms with Crippen molar-refractivity contribution in [2.45, 2.75) is 293 Å². The number of hydrogen-bond donors (Lipinski definition) is 25. The first-order chi connectivity index (χ1) is 65.8. The second kappa shape index (κ2) is 59.4. The van der Waals surface area contributed by atoms with Gasteiger partial charge in [0.25, 0.3) is 0 Å². The molecule has 3 aliphatic rings. The number of carboxylic acids is 1. The molecule has 0 spiro atoms. The average molecular weight is 1970 g/mol. The smallest absolute Gasteiger partial charge is 0.305 e. The molecule has 3 fully saturated rings. The molecule has 5 rings (SSSR count). The fourth-order valence-corrected chi connectivity index (χ4v) is 16.8. The first-order valence-electron chi connectivity index (χ1n) is 47.1. The van der Waals surface area contributed by atoms with Crippen molar-refractivity contribution >= 4 is 136 Å².